The summed E-state index contributed by atoms with van der Waals surface area (Å²) in [4.78, 5) is 2.73. The highest BCUT2D eigenvalue weighted by molar-refractivity contribution is 4.86. The molecule has 0 radical (unpaired) electrons. The quantitative estimate of drug-likeness (QED) is 0.791. The van der Waals surface area contributed by atoms with Crippen LogP contribution in [0, 0.1) is 23.7 Å². The summed E-state index contributed by atoms with van der Waals surface area (Å²) >= 11 is 0. The van der Waals surface area contributed by atoms with Gasteiger partial charge in [0.2, 0.25) is 0 Å². The maximum atomic E-state index is 3.72. The largest absolute Gasteiger partial charge is 0.311 e. The summed E-state index contributed by atoms with van der Waals surface area (Å²) in [5.74, 6) is 3.18. The first-order valence-corrected chi connectivity index (χ1v) is 8.28. The minimum atomic E-state index is 0.684. The lowest BCUT2D eigenvalue weighted by atomic mass is 9.84. The summed E-state index contributed by atoms with van der Waals surface area (Å²) in [5.41, 5.74) is 0. The molecule has 0 aromatic heterocycles. The zero-order chi connectivity index (χ0) is 14.6. The van der Waals surface area contributed by atoms with Crippen molar-refractivity contribution in [2.24, 2.45) is 23.7 Å². The van der Waals surface area contributed by atoms with E-state index in [2.05, 4.69) is 58.7 Å². The van der Waals surface area contributed by atoms with Gasteiger partial charge < -0.3 is 5.32 Å². The smallest absolute Gasteiger partial charge is 0.0198 e. The Morgan fingerprint density at radius 2 is 1.63 bits per heavy atom. The highest BCUT2D eigenvalue weighted by atomic mass is 15.2. The van der Waals surface area contributed by atoms with E-state index < -0.39 is 0 Å². The van der Waals surface area contributed by atoms with Gasteiger partial charge in [-0.05, 0) is 37.0 Å². The standard InChI is InChI=1S/C17H36N2/c1-12(2)8-16-10-19(15(7)9-18-16)11-17(13(3)4)14(5)6/h12-18H,8-11H2,1-7H3. The van der Waals surface area contributed by atoms with Crippen molar-refractivity contribution in [1.82, 2.24) is 10.2 Å². The zero-order valence-corrected chi connectivity index (χ0v) is 14.2. The Hall–Kier alpha value is -0.0800. The second-order valence-corrected chi connectivity index (χ2v) is 7.69. The molecule has 1 N–H and O–H groups in total. The summed E-state index contributed by atoms with van der Waals surface area (Å²) in [6, 6.07) is 1.37. The lowest BCUT2D eigenvalue weighted by molar-refractivity contribution is 0.0865. The molecule has 1 heterocycles. The van der Waals surface area contributed by atoms with Gasteiger partial charge in [-0.3, -0.25) is 4.90 Å². The highest BCUT2D eigenvalue weighted by Gasteiger charge is 2.29. The molecule has 1 saturated heterocycles. The third-order valence-electron chi connectivity index (χ3n) is 4.69. The molecule has 2 atom stereocenters. The van der Waals surface area contributed by atoms with Gasteiger partial charge in [-0.2, -0.15) is 0 Å². The molecule has 1 aliphatic rings. The minimum Gasteiger partial charge on any atom is -0.311 e. The average molecular weight is 268 g/mol. The first-order valence-electron chi connectivity index (χ1n) is 8.28. The number of rotatable bonds is 6. The monoisotopic (exact) mass is 268 g/mol. The van der Waals surface area contributed by atoms with Crippen LogP contribution in [0.1, 0.15) is 54.9 Å². The lowest BCUT2D eigenvalue weighted by Crippen LogP contribution is -2.57. The van der Waals surface area contributed by atoms with E-state index in [1.807, 2.05) is 0 Å². The lowest BCUT2D eigenvalue weighted by Gasteiger charge is -2.42. The Morgan fingerprint density at radius 3 is 2.11 bits per heavy atom. The Morgan fingerprint density at radius 1 is 1.05 bits per heavy atom. The number of nitrogens with one attached hydrogen (secondary N) is 1. The van der Waals surface area contributed by atoms with Crippen LogP contribution in [0.15, 0.2) is 0 Å². The molecule has 0 aliphatic carbocycles. The van der Waals surface area contributed by atoms with Crippen LogP contribution in [-0.4, -0.2) is 36.6 Å². The highest BCUT2D eigenvalue weighted by Crippen LogP contribution is 2.24. The molecule has 0 aromatic carbocycles. The Labute approximate surface area is 121 Å². The van der Waals surface area contributed by atoms with Gasteiger partial charge >= 0.3 is 0 Å². The third-order valence-corrected chi connectivity index (χ3v) is 4.69. The fraction of sp³-hybridized carbons (Fsp3) is 1.00. The van der Waals surface area contributed by atoms with Crippen molar-refractivity contribution in [2.45, 2.75) is 67.0 Å². The summed E-state index contributed by atoms with van der Waals surface area (Å²) in [6.45, 7) is 20.2. The van der Waals surface area contributed by atoms with Gasteiger partial charge in [0.25, 0.3) is 0 Å². The van der Waals surface area contributed by atoms with Gasteiger partial charge in [0.15, 0.2) is 0 Å². The van der Waals surface area contributed by atoms with Crippen molar-refractivity contribution < 1.29 is 0 Å². The number of nitrogens with zero attached hydrogens (tertiary/aromatic N) is 1. The molecule has 2 nitrogen and oxygen atoms in total. The van der Waals surface area contributed by atoms with Crippen molar-refractivity contribution in [3.8, 4) is 0 Å². The summed E-state index contributed by atoms with van der Waals surface area (Å²) < 4.78 is 0. The zero-order valence-electron chi connectivity index (χ0n) is 14.2. The number of piperazine rings is 1. The van der Waals surface area contributed by atoms with Crippen LogP contribution in [0.5, 0.6) is 0 Å². The van der Waals surface area contributed by atoms with Gasteiger partial charge in [0.1, 0.15) is 0 Å². The van der Waals surface area contributed by atoms with Crippen LogP contribution >= 0.6 is 0 Å². The van der Waals surface area contributed by atoms with Gasteiger partial charge in [-0.1, -0.05) is 41.5 Å². The van der Waals surface area contributed by atoms with Crippen molar-refractivity contribution in [3.05, 3.63) is 0 Å². The van der Waals surface area contributed by atoms with E-state index in [0.717, 1.165) is 30.2 Å². The van der Waals surface area contributed by atoms with Crippen molar-refractivity contribution in [3.63, 3.8) is 0 Å². The van der Waals surface area contributed by atoms with E-state index in [1.165, 1.54) is 19.5 Å². The van der Waals surface area contributed by atoms with Crippen LogP contribution in [0.4, 0.5) is 0 Å². The predicted molar refractivity (Wildman–Crippen MR) is 85.4 cm³/mol. The molecule has 0 spiro atoms. The number of hydrogen-bond donors (Lipinski definition) is 1. The van der Waals surface area contributed by atoms with Crippen molar-refractivity contribution in [1.29, 1.82) is 0 Å². The minimum absolute atomic E-state index is 0.684. The third kappa shape index (κ3) is 5.43. The fourth-order valence-electron chi connectivity index (χ4n) is 3.44. The van der Waals surface area contributed by atoms with Crippen LogP contribution < -0.4 is 5.32 Å². The van der Waals surface area contributed by atoms with Crippen molar-refractivity contribution in [2.75, 3.05) is 19.6 Å². The molecule has 0 saturated carbocycles. The van der Waals surface area contributed by atoms with E-state index >= 15 is 0 Å². The van der Waals surface area contributed by atoms with E-state index in [4.69, 9.17) is 0 Å². The van der Waals surface area contributed by atoms with Gasteiger partial charge in [0, 0.05) is 31.7 Å². The van der Waals surface area contributed by atoms with E-state index in [0.29, 0.717) is 12.1 Å². The van der Waals surface area contributed by atoms with Crippen molar-refractivity contribution >= 4 is 0 Å². The van der Waals surface area contributed by atoms with Crippen LogP contribution in [0.25, 0.3) is 0 Å². The molecule has 0 aromatic rings. The van der Waals surface area contributed by atoms with E-state index in [1.54, 1.807) is 0 Å². The molecule has 114 valence electrons. The topological polar surface area (TPSA) is 15.3 Å². The molecular formula is C17H36N2. The summed E-state index contributed by atoms with van der Waals surface area (Å²) in [7, 11) is 0. The second-order valence-electron chi connectivity index (χ2n) is 7.69. The van der Waals surface area contributed by atoms with Gasteiger partial charge in [-0.25, -0.2) is 0 Å². The van der Waals surface area contributed by atoms with Crippen LogP contribution in [0.3, 0.4) is 0 Å². The average Bonchev–Trinajstić information content (AvgIpc) is 2.28. The van der Waals surface area contributed by atoms with Gasteiger partial charge in [-0.15, -0.1) is 0 Å². The molecule has 2 heteroatoms. The first-order chi connectivity index (χ1) is 8.81. The molecular weight excluding hydrogens is 232 g/mol. The van der Waals surface area contributed by atoms with Crippen LogP contribution in [0.2, 0.25) is 0 Å². The SMILES string of the molecule is CC(C)CC1CN(CC(C(C)C)C(C)C)C(C)CN1. The van der Waals surface area contributed by atoms with E-state index in [-0.39, 0.29) is 0 Å². The second kappa shape index (κ2) is 7.64. The van der Waals surface area contributed by atoms with Gasteiger partial charge in [0.05, 0.1) is 0 Å². The Balaban J connectivity index is 2.58. The predicted octanol–water partition coefficient (Wildman–Crippen LogP) is 3.62. The maximum absolute atomic E-state index is 3.72. The fourth-order valence-corrected chi connectivity index (χ4v) is 3.44. The summed E-state index contributed by atoms with van der Waals surface area (Å²) in [5, 5.41) is 3.72. The molecule has 1 aliphatic heterocycles. The van der Waals surface area contributed by atoms with E-state index in [9.17, 15) is 0 Å². The number of hydrogen-bond acceptors (Lipinski definition) is 2. The normalized spacial score (nSPS) is 26.1. The molecule has 0 amide bonds. The summed E-state index contributed by atoms with van der Waals surface area (Å²) in [6.07, 6.45) is 1.30. The first kappa shape index (κ1) is 17.0. The Bertz CT molecular complexity index is 240. The molecule has 19 heavy (non-hydrogen) atoms. The Kier molecular flexibility index (Phi) is 6.82. The maximum Gasteiger partial charge on any atom is 0.0198 e. The molecule has 2 unspecified atom stereocenters. The molecule has 0 bridgehead atoms. The molecule has 1 rings (SSSR count). The molecule has 1 fully saturated rings. The van der Waals surface area contributed by atoms with Crippen LogP contribution in [-0.2, 0) is 0 Å².